The van der Waals surface area contributed by atoms with Gasteiger partial charge in [0.15, 0.2) is 0 Å². The molecule has 0 aromatic heterocycles. The molecule has 0 N–H and O–H groups in total. The van der Waals surface area contributed by atoms with Gasteiger partial charge in [-0.1, -0.05) is 34.1 Å². The van der Waals surface area contributed by atoms with E-state index in [1.807, 2.05) is 0 Å². The second-order valence-corrected chi connectivity index (χ2v) is 5.85. The van der Waals surface area contributed by atoms with E-state index in [2.05, 4.69) is 27.7 Å². The molecule has 1 saturated carbocycles. The molecule has 0 saturated heterocycles. The van der Waals surface area contributed by atoms with Crippen LogP contribution in [0.3, 0.4) is 0 Å². The standard InChI is InChI=1S/C12H23Cl/c1-9-5-6-11(7-10(9)2)12(3,4)8-13/h9-11H,5-8H2,1-4H3. The zero-order valence-electron chi connectivity index (χ0n) is 9.44. The summed E-state index contributed by atoms with van der Waals surface area (Å²) in [5.74, 6) is 3.46. The molecule has 0 heterocycles. The third-order valence-electron chi connectivity index (χ3n) is 4.05. The number of alkyl halides is 1. The normalized spacial score (nSPS) is 36.2. The van der Waals surface area contributed by atoms with Gasteiger partial charge in [0, 0.05) is 5.88 Å². The minimum absolute atomic E-state index is 0.343. The van der Waals surface area contributed by atoms with Crippen molar-refractivity contribution in [2.75, 3.05) is 5.88 Å². The molecule has 0 aromatic rings. The molecule has 1 rings (SSSR count). The molecule has 0 aromatic carbocycles. The van der Waals surface area contributed by atoms with Gasteiger partial charge in [-0.2, -0.15) is 0 Å². The average Bonchev–Trinajstić information content (AvgIpc) is 2.09. The fourth-order valence-corrected chi connectivity index (χ4v) is 2.58. The maximum atomic E-state index is 6.01. The van der Waals surface area contributed by atoms with Crippen LogP contribution in [0.5, 0.6) is 0 Å². The monoisotopic (exact) mass is 202 g/mol. The van der Waals surface area contributed by atoms with Crippen LogP contribution in [0, 0.1) is 23.2 Å². The molecule has 0 nitrogen and oxygen atoms in total. The van der Waals surface area contributed by atoms with Crippen molar-refractivity contribution in [3.8, 4) is 0 Å². The number of hydrogen-bond donors (Lipinski definition) is 0. The molecule has 0 amide bonds. The van der Waals surface area contributed by atoms with Crippen molar-refractivity contribution in [1.82, 2.24) is 0 Å². The Labute approximate surface area is 88.1 Å². The first kappa shape index (κ1) is 11.4. The first-order valence-electron chi connectivity index (χ1n) is 5.53. The number of rotatable bonds is 2. The minimum atomic E-state index is 0.343. The molecule has 3 unspecified atom stereocenters. The third kappa shape index (κ3) is 2.62. The van der Waals surface area contributed by atoms with Crippen molar-refractivity contribution in [3.05, 3.63) is 0 Å². The van der Waals surface area contributed by atoms with Crippen molar-refractivity contribution < 1.29 is 0 Å². The molecule has 0 spiro atoms. The third-order valence-corrected chi connectivity index (χ3v) is 4.74. The Hall–Kier alpha value is 0.290. The van der Waals surface area contributed by atoms with Crippen LogP contribution in [-0.4, -0.2) is 5.88 Å². The maximum Gasteiger partial charge on any atom is 0.0277 e. The van der Waals surface area contributed by atoms with Crippen LogP contribution >= 0.6 is 11.6 Å². The summed E-state index contributed by atoms with van der Waals surface area (Å²) >= 11 is 6.01. The molecule has 1 heteroatoms. The Bertz CT molecular complexity index is 163. The molecule has 13 heavy (non-hydrogen) atoms. The zero-order valence-corrected chi connectivity index (χ0v) is 10.2. The van der Waals surface area contributed by atoms with Gasteiger partial charge in [0.25, 0.3) is 0 Å². The van der Waals surface area contributed by atoms with Crippen molar-refractivity contribution in [2.45, 2.75) is 47.0 Å². The van der Waals surface area contributed by atoms with E-state index >= 15 is 0 Å². The van der Waals surface area contributed by atoms with Crippen LogP contribution in [-0.2, 0) is 0 Å². The molecule has 1 aliphatic rings. The minimum Gasteiger partial charge on any atom is -0.126 e. The van der Waals surface area contributed by atoms with Gasteiger partial charge in [0.05, 0.1) is 0 Å². The Morgan fingerprint density at radius 3 is 2.23 bits per heavy atom. The highest BCUT2D eigenvalue weighted by atomic mass is 35.5. The molecule has 1 aliphatic carbocycles. The lowest BCUT2D eigenvalue weighted by Gasteiger charge is -2.40. The predicted octanol–water partition coefficient (Wildman–Crippen LogP) is 4.32. The van der Waals surface area contributed by atoms with Gasteiger partial charge < -0.3 is 0 Å². The Morgan fingerprint density at radius 2 is 1.77 bits per heavy atom. The molecular formula is C12H23Cl. The van der Waals surface area contributed by atoms with Crippen molar-refractivity contribution in [1.29, 1.82) is 0 Å². The summed E-state index contributed by atoms with van der Waals surface area (Å²) in [6.07, 6.45) is 4.15. The largest absolute Gasteiger partial charge is 0.126 e. The first-order valence-corrected chi connectivity index (χ1v) is 6.07. The van der Waals surface area contributed by atoms with Crippen molar-refractivity contribution in [2.24, 2.45) is 23.2 Å². The molecule has 0 aliphatic heterocycles. The zero-order chi connectivity index (χ0) is 10.1. The smallest absolute Gasteiger partial charge is 0.0277 e. The van der Waals surface area contributed by atoms with Crippen LogP contribution in [0.4, 0.5) is 0 Å². The maximum absolute atomic E-state index is 6.01. The van der Waals surface area contributed by atoms with E-state index in [0.29, 0.717) is 5.41 Å². The SMILES string of the molecule is CC1CCC(C(C)(C)CCl)CC1C. The molecule has 1 fully saturated rings. The predicted molar refractivity (Wildman–Crippen MR) is 60.2 cm³/mol. The van der Waals surface area contributed by atoms with E-state index in [-0.39, 0.29) is 0 Å². The molecular weight excluding hydrogens is 180 g/mol. The Kier molecular flexibility index (Phi) is 3.68. The topological polar surface area (TPSA) is 0 Å². The number of halogens is 1. The Morgan fingerprint density at radius 1 is 1.15 bits per heavy atom. The summed E-state index contributed by atoms with van der Waals surface area (Å²) < 4.78 is 0. The van der Waals surface area contributed by atoms with E-state index in [0.717, 1.165) is 23.6 Å². The van der Waals surface area contributed by atoms with Gasteiger partial charge >= 0.3 is 0 Å². The van der Waals surface area contributed by atoms with Gasteiger partial charge in [-0.25, -0.2) is 0 Å². The lowest BCUT2D eigenvalue weighted by atomic mass is 9.66. The van der Waals surface area contributed by atoms with E-state index in [9.17, 15) is 0 Å². The van der Waals surface area contributed by atoms with Gasteiger partial charge in [-0.05, 0) is 36.0 Å². The summed E-state index contributed by atoms with van der Waals surface area (Å²) in [4.78, 5) is 0. The van der Waals surface area contributed by atoms with Gasteiger partial charge in [0.1, 0.15) is 0 Å². The summed E-state index contributed by atoms with van der Waals surface area (Å²) in [7, 11) is 0. The first-order chi connectivity index (χ1) is 5.97. The second-order valence-electron chi connectivity index (χ2n) is 5.59. The molecule has 78 valence electrons. The van der Waals surface area contributed by atoms with Crippen LogP contribution in [0.1, 0.15) is 47.0 Å². The van der Waals surface area contributed by atoms with E-state index in [1.54, 1.807) is 0 Å². The Balaban J connectivity index is 2.55. The highest BCUT2D eigenvalue weighted by molar-refractivity contribution is 6.18. The highest BCUT2D eigenvalue weighted by Crippen LogP contribution is 2.43. The summed E-state index contributed by atoms with van der Waals surface area (Å²) in [6, 6.07) is 0. The molecule has 3 atom stereocenters. The lowest BCUT2D eigenvalue weighted by molar-refractivity contribution is 0.116. The quantitative estimate of drug-likeness (QED) is 0.585. The lowest BCUT2D eigenvalue weighted by Crippen LogP contribution is -2.32. The summed E-state index contributed by atoms with van der Waals surface area (Å²) in [6.45, 7) is 9.40. The van der Waals surface area contributed by atoms with Gasteiger partial charge in [-0.15, -0.1) is 11.6 Å². The second kappa shape index (κ2) is 4.21. The summed E-state index contributed by atoms with van der Waals surface area (Å²) in [5.41, 5.74) is 0.343. The van der Waals surface area contributed by atoms with Crippen molar-refractivity contribution in [3.63, 3.8) is 0 Å². The van der Waals surface area contributed by atoms with Gasteiger partial charge in [-0.3, -0.25) is 0 Å². The van der Waals surface area contributed by atoms with E-state index in [1.165, 1.54) is 19.3 Å². The highest BCUT2D eigenvalue weighted by Gasteiger charge is 2.34. The average molecular weight is 203 g/mol. The van der Waals surface area contributed by atoms with Crippen LogP contribution in [0.15, 0.2) is 0 Å². The van der Waals surface area contributed by atoms with E-state index < -0.39 is 0 Å². The summed E-state index contributed by atoms with van der Waals surface area (Å²) in [5, 5.41) is 0. The molecule has 0 radical (unpaired) electrons. The van der Waals surface area contributed by atoms with Crippen LogP contribution in [0.2, 0.25) is 0 Å². The van der Waals surface area contributed by atoms with Crippen LogP contribution in [0.25, 0.3) is 0 Å². The fraction of sp³-hybridized carbons (Fsp3) is 1.00. The number of hydrogen-bond acceptors (Lipinski definition) is 0. The molecule has 0 bridgehead atoms. The van der Waals surface area contributed by atoms with Crippen LogP contribution < -0.4 is 0 Å². The fourth-order valence-electron chi connectivity index (χ4n) is 2.37. The van der Waals surface area contributed by atoms with Crippen molar-refractivity contribution >= 4 is 11.6 Å². The van der Waals surface area contributed by atoms with Gasteiger partial charge in [0.2, 0.25) is 0 Å². The van der Waals surface area contributed by atoms with E-state index in [4.69, 9.17) is 11.6 Å².